The first-order chi connectivity index (χ1) is 14.3. The van der Waals surface area contributed by atoms with Crippen LogP contribution in [-0.4, -0.2) is 50.6 Å². The number of nitrogens with one attached hydrogen (secondary N) is 1. The first-order valence-electron chi connectivity index (χ1n) is 10.4. The van der Waals surface area contributed by atoms with E-state index in [0.29, 0.717) is 47.9 Å². The molecular formula is C22H27N3O4S. The monoisotopic (exact) mass is 429 g/mol. The Kier molecular flexibility index (Phi) is 5.79. The number of fused-ring (bicyclic) bond motifs is 1. The van der Waals surface area contributed by atoms with E-state index in [0.717, 1.165) is 23.3 Å². The van der Waals surface area contributed by atoms with Gasteiger partial charge in [0, 0.05) is 36.1 Å². The lowest BCUT2D eigenvalue weighted by atomic mass is 9.90. The third kappa shape index (κ3) is 4.06. The number of nitrogens with zero attached hydrogens (tertiary/aromatic N) is 2. The third-order valence-corrected chi connectivity index (χ3v) is 7.29. The van der Waals surface area contributed by atoms with Crippen LogP contribution in [0.5, 0.6) is 5.88 Å². The molecule has 0 spiro atoms. The number of hydrogen-bond donors (Lipinski definition) is 3. The van der Waals surface area contributed by atoms with Gasteiger partial charge in [-0.2, -0.15) is 0 Å². The van der Waals surface area contributed by atoms with E-state index in [9.17, 15) is 19.8 Å². The van der Waals surface area contributed by atoms with Crippen molar-refractivity contribution >= 4 is 28.2 Å². The van der Waals surface area contributed by atoms with E-state index < -0.39 is 6.10 Å². The fourth-order valence-corrected chi connectivity index (χ4v) is 5.66. The number of aryl methyl sites for hydroxylation is 1. The van der Waals surface area contributed by atoms with E-state index in [4.69, 9.17) is 0 Å². The zero-order valence-corrected chi connectivity index (χ0v) is 18.0. The molecule has 4 rings (SSSR count). The number of carbonyl (C=O) groups excluding carboxylic acids is 2. The molecule has 1 aliphatic heterocycles. The standard InChI is InChI=1S/C22H27N3O4S/c1-12-7-8-25(13(2)9-12)22(29)19-16-10-15(26)4-5-17(16)30-21(19)24-20(28)14-3-6-18(27)23-11-14/h3,6,11-13,15,26H,4-5,7-10H2,1-2H3,(H,23,27)(H,24,28)/t12-,13-,15?/m1/s1. The zero-order valence-electron chi connectivity index (χ0n) is 17.2. The van der Waals surface area contributed by atoms with E-state index in [2.05, 4.69) is 24.1 Å². The number of hydrogen-bond acceptors (Lipinski definition) is 6. The van der Waals surface area contributed by atoms with Gasteiger partial charge in [-0.15, -0.1) is 11.3 Å². The van der Waals surface area contributed by atoms with E-state index in [1.807, 2.05) is 4.90 Å². The Morgan fingerprint density at radius 2 is 2.07 bits per heavy atom. The van der Waals surface area contributed by atoms with Gasteiger partial charge < -0.3 is 20.4 Å². The lowest BCUT2D eigenvalue weighted by molar-refractivity contribution is 0.0587. The van der Waals surface area contributed by atoms with E-state index in [-0.39, 0.29) is 23.7 Å². The smallest absolute Gasteiger partial charge is 0.257 e. The summed E-state index contributed by atoms with van der Waals surface area (Å²) < 4.78 is 0. The average Bonchev–Trinajstić information content (AvgIpc) is 3.04. The molecule has 2 aromatic heterocycles. The van der Waals surface area contributed by atoms with Crippen LogP contribution in [0.25, 0.3) is 0 Å². The minimum Gasteiger partial charge on any atom is -0.493 e. The van der Waals surface area contributed by atoms with Crippen molar-refractivity contribution in [3.8, 4) is 5.88 Å². The molecule has 2 aromatic rings. The highest BCUT2D eigenvalue weighted by atomic mass is 32.1. The molecule has 0 aromatic carbocycles. The van der Waals surface area contributed by atoms with Crippen LogP contribution in [0.1, 0.15) is 64.3 Å². The Labute approximate surface area is 179 Å². The summed E-state index contributed by atoms with van der Waals surface area (Å²) in [5, 5.41) is 23.0. The summed E-state index contributed by atoms with van der Waals surface area (Å²) in [7, 11) is 0. The van der Waals surface area contributed by atoms with Crippen LogP contribution in [0.15, 0.2) is 18.3 Å². The Balaban J connectivity index is 1.67. The van der Waals surface area contributed by atoms with Crippen LogP contribution in [-0.2, 0) is 12.8 Å². The minimum atomic E-state index is -0.470. The van der Waals surface area contributed by atoms with Crippen LogP contribution in [0.3, 0.4) is 0 Å². The summed E-state index contributed by atoms with van der Waals surface area (Å²) in [6.45, 7) is 4.98. The van der Waals surface area contributed by atoms with Gasteiger partial charge in [-0.1, -0.05) is 6.92 Å². The molecule has 0 saturated carbocycles. The summed E-state index contributed by atoms with van der Waals surface area (Å²) in [6, 6.07) is 2.98. The lowest BCUT2D eigenvalue weighted by Gasteiger charge is -2.37. The molecule has 3 heterocycles. The van der Waals surface area contributed by atoms with Crippen molar-refractivity contribution in [3.05, 3.63) is 39.9 Å². The van der Waals surface area contributed by atoms with Crippen LogP contribution in [0.2, 0.25) is 0 Å². The molecule has 1 unspecified atom stereocenters. The summed E-state index contributed by atoms with van der Waals surface area (Å²) in [4.78, 5) is 33.1. The second-order valence-corrected chi connectivity index (χ2v) is 9.55. The van der Waals surface area contributed by atoms with E-state index >= 15 is 0 Å². The first-order valence-corrected chi connectivity index (χ1v) is 11.2. The molecule has 3 atom stereocenters. The van der Waals surface area contributed by atoms with Gasteiger partial charge in [0.15, 0.2) is 0 Å². The maximum atomic E-state index is 13.6. The van der Waals surface area contributed by atoms with Crippen molar-refractivity contribution in [1.82, 2.24) is 9.88 Å². The summed E-state index contributed by atoms with van der Waals surface area (Å²) in [6.07, 6.45) is 4.55. The first kappa shape index (κ1) is 20.8. The van der Waals surface area contributed by atoms with Gasteiger partial charge in [-0.05, 0) is 50.2 Å². The molecule has 7 nitrogen and oxygen atoms in total. The molecule has 1 saturated heterocycles. The molecular weight excluding hydrogens is 402 g/mol. The summed E-state index contributed by atoms with van der Waals surface area (Å²) >= 11 is 1.42. The Bertz CT molecular complexity index is 956. The van der Waals surface area contributed by atoms with E-state index in [1.165, 1.54) is 29.7 Å². The number of aliphatic hydroxyl groups is 1. The lowest BCUT2D eigenvalue weighted by Crippen LogP contribution is -2.44. The van der Waals surface area contributed by atoms with Gasteiger partial charge in [0.25, 0.3) is 11.8 Å². The molecule has 3 N–H and O–H groups in total. The molecule has 30 heavy (non-hydrogen) atoms. The summed E-state index contributed by atoms with van der Waals surface area (Å²) in [5.41, 5.74) is 1.70. The zero-order chi connectivity index (χ0) is 21.4. The molecule has 1 aliphatic carbocycles. The van der Waals surface area contributed by atoms with Crippen LogP contribution >= 0.6 is 11.3 Å². The molecule has 8 heteroatoms. The summed E-state index contributed by atoms with van der Waals surface area (Å²) in [5.74, 6) is -0.0177. The molecule has 2 amide bonds. The van der Waals surface area contributed by atoms with Crippen molar-refractivity contribution in [1.29, 1.82) is 0 Å². The number of piperidine rings is 1. The Hall–Kier alpha value is -2.45. The van der Waals surface area contributed by atoms with Crippen molar-refractivity contribution in [2.75, 3.05) is 11.9 Å². The Morgan fingerprint density at radius 1 is 1.27 bits per heavy atom. The Morgan fingerprint density at radius 3 is 2.77 bits per heavy atom. The SMILES string of the molecule is C[C@@H]1CCN(C(=O)c2c(NC(=O)c3ccc(O)nc3)sc3c2CC(O)CC3)[C@H](C)C1. The molecule has 1 fully saturated rings. The van der Waals surface area contributed by atoms with Gasteiger partial charge in [-0.25, -0.2) is 4.98 Å². The molecule has 160 valence electrons. The number of aliphatic hydroxyl groups excluding tert-OH is 1. The van der Waals surface area contributed by atoms with Crippen molar-refractivity contribution in [3.63, 3.8) is 0 Å². The van der Waals surface area contributed by atoms with Gasteiger partial charge >= 0.3 is 0 Å². The quantitative estimate of drug-likeness (QED) is 0.695. The number of pyridine rings is 1. The fourth-order valence-electron chi connectivity index (χ4n) is 4.43. The van der Waals surface area contributed by atoms with E-state index in [1.54, 1.807) is 0 Å². The van der Waals surface area contributed by atoms with Crippen LogP contribution < -0.4 is 5.32 Å². The second-order valence-electron chi connectivity index (χ2n) is 8.44. The maximum absolute atomic E-state index is 13.6. The largest absolute Gasteiger partial charge is 0.493 e. The maximum Gasteiger partial charge on any atom is 0.257 e. The highest BCUT2D eigenvalue weighted by molar-refractivity contribution is 7.17. The normalized spacial score (nSPS) is 23.7. The van der Waals surface area contributed by atoms with Gasteiger partial charge in [0.05, 0.1) is 17.2 Å². The second kappa shape index (κ2) is 8.35. The number of rotatable bonds is 3. The van der Waals surface area contributed by atoms with Crippen LogP contribution in [0.4, 0.5) is 5.00 Å². The molecule has 0 bridgehead atoms. The van der Waals surface area contributed by atoms with Crippen molar-refractivity contribution in [2.24, 2.45) is 5.92 Å². The van der Waals surface area contributed by atoms with Gasteiger partial charge in [0.1, 0.15) is 5.00 Å². The number of aromatic hydroxyl groups is 1. The number of likely N-dealkylation sites (tertiary alicyclic amines) is 1. The van der Waals surface area contributed by atoms with Crippen molar-refractivity contribution in [2.45, 2.75) is 58.1 Å². The molecule has 0 radical (unpaired) electrons. The highest BCUT2D eigenvalue weighted by Crippen LogP contribution is 2.40. The number of carbonyl (C=O) groups is 2. The number of amides is 2. The predicted molar refractivity (Wildman–Crippen MR) is 115 cm³/mol. The average molecular weight is 430 g/mol. The highest BCUT2D eigenvalue weighted by Gasteiger charge is 2.34. The van der Waals surface area contributed by atoms with Crippen LogP contribution in [0, 0.1) is 5.92 Å². The number of thiophene rings is 1. The molecule has 2 aliphatic rings. The number of aromatic nitrogens is 1. The third-order valence-electron chi connectivity index (χ3n) is 6.09. The van der Waals surface area contributed by atoms with Gasteiger partial charge in [-0.3, -0.25) is 9.59 Å². The number of anilines is 1. The minimum absolute atomic E-state index is 0.0693. The topological polar surface area (TPSA) is 103 Å². The van der Waals surface area contributed by atoms with Crippen molar-refractivity contribution < 1.29 is 19.8 Å². The van der Waals surface area contributed by atoms with Gasteiger partial charge in [0.2, 0.25) is 5.88 Å². The predicted octanol–water partition coefficient (Wildman–Crippen LogP) is 3.21. The fraction of sp³-hybridized carbons (Fsp3) is 0.500.